The lowest BCUT2D eigenvalue weighted by Gasteiger charge is -2.37. The molecule has 0 saturated heterocycles. The molecule has 1 saturated carbocycles. The predicted octanol–water partition coefficient (Wildman–Crippen LogP) is 3.48. The van der Waals surface area contributed by atoms with Crippen LogP contribution in [0, 0.1) is 11.8 Å². The molecule has 4 unspecified atom stereocenters. The molecule has 106 valence electrons. The first-order chi connectivity index (χ1) is 9.65. The highest BCUT2D eigenvalue weighted by Crippen LogP contribution is 2.36. The lowest BCUT2D eigenvalue weighted by molar-refractivity contribution is 0.167. The van der Waals surface area contributed by atoms with Crippen molar-refractivity contribution in [1.82, 2.24) is 9.78 Å². The maximum Gasteiger partial charge on any atom is 0.0695 e. The van der Waals surface area contributed by atoms with E-state index in [9.17, 15) is 0 Å². The third kappa shape index (κ3) is 2.50. The van der Waals surface area contributed by atoms with Crippen LogP contribution in [0.15, 0.2) is 42.7 Å². The van der Waals surface area contributed by atoms with Crippen molar-refractivity contribution in [2.75, 3.05) is 0 Å². The summed E-state index contributed by atoms with van der Waals surface area (Å²) in [6.45, 7) is 4.59. The molecule has 3 nitrogen and oxygen atoms in total. The molecular formula is C17H23N3. The first-order valence-electron chi connectivity index (χ1n) is 7.50. The molecule has 4 atom stereocenters. The number of nitrogens with zero attached hydrogens (tertiary/aromatic N) is 2. The number of hydrogen-bond donors (Lipinski definition) is 1. The van der Waals surface area contributed by atoms with E-state index in [1.807, 2.05) is 12.3 Å². The van der Waals surface area contributed by atoms with E-state index in [0.717, 1.165) is 12.3 Å². The summed E-state index contributed by atoms with van der Waals surface area (Å²) < 4.78 is 2.09. The molecule has 1 aliphatic carbocycles. The minimum atomic E-state index is 0.206. The van der Waals surface area contributed by atoms with Crippen LogP contribution in [-0.4, -0.2) is 15.8 Å². The van der Waals surface area contributed by atoms with E-state index in [2.05, 4.69) is 54.1 Å². The van der Waals surface area contributed by atoms with Gasteiger partial charge in [-0.05, 0) is 30.2 Å². The van der Waals surface area contributed by atoms with Gasteiger partial charge in [0.2, 0.25) is 0 Å². The van der Waals surface area contributed by atoms with E-state index >= 15 is 0 Å². The Morgan fingerprint density at radius 1 is 1.10 bits per heavy atom. The Labute approximate surface area is 120 Å². The second-order valence-electron chi connectivity index (χ2n) is 6.28. The standard InChI is InChI=1S/C17H23N3/c1-12-8-13(2)17(16(18)9-12)20-11-15(10-19-20)14-6-4-3-5-7-14/h3-7,10-13,16-17H,8-9,18H2,1-2H3. The van der Waals surface area contributed by atoms with Crippen molar-refractivity contribution < 1.29 is 0 Å². The molecule has 0 aliphatic heterocycles. The van der Waals surface area contributed by atoms with Crippen LogP contribution in [0.4, 0.5) is 0 Å². The van der Waals surface area contributed by atoms with Crippen LogP contribution < -0.4 is 5.73 Å². The fraction of sp³-hybridized carbons (Fsp3) is 0.471. The molecule has 1 fully saturated rings. The van der Waals surface area contributed by atoms with Crippen molar-refractivity contribution in [3.63, 3.8) is 0 Å². The summed E-state index contributed by atoms with van der Waals surface area (Å²) in [6, 6.07) is 10.9. The Morgan fingerprint density at radius 3 is 2.55 bits per heavy atom. The minimum absolute atomic E-state index is 0.206. The third-order valence-corrected chi connectivity index (χ3v) is 4.48. The zero-order chi connectivity index (χ0) is 14.1. The third-order valence-electron chi connectivity index (χ3n) is 4.48. The lowest BCUT2D eigenvalue weighted by atomic mass is 9.77. The first-order valence-corrected chi connectivity index (χ1v) is 7.50. The summed E-state index contributed by atoms with van der Waals surface area (Å²) in [7, 11) is 0. The quantitative estimate of drug-likeness (QED) is 0.907. The molecule has 2 aromatic rings. The van der Waals surface area contributed by atoms with Crippen LogP contribution in [0.1, 0.15) is 32.7 Å². The normalized spacial score (nSPS) is 30.4. The summed E-state index contributed by atoms with van der Waals surface area (Å²) in [5.74, 6) is 1.30. The van der Waals surface area contributed by atoms with Crippen LogP contribution in [0.25, 0.3) is 11.1 Å². The minimum Gasteiger partial charge on any atom is -0.326 e. The van der Waals surface area contributed by atoms with E-state index in [0.29, 0.717) is 12.0 Å². The van der Waals surface area contributed by atoms with Crippen LogP contribution in [0.5, 0.6) is 0 Å². The summed E-state index contributed by atoms with van der Waals surface area (Å²) in [5, 5.41) is 4.58. The molecule has 0 spiro atoms. The van der Waals surface area contributed by atoms with Crippen molar-refractivity contribution >= 4 is 0 Å². The highest BCUT2D eigenvalue weighted by molar-refractivity contribution is 5.61. The SMILES string of the molecule is CC1CC(C)C(n2cc(-c3ccccc3)cn2)C(N)C1. The maximum absolute atomic E-state index is 6.38. The average Bonchev–Trinajstić information content (AvgIpc) is 2.88. The van der Waals surface area contributed by atoms with Crippen LogP contribution in [0.2, 0.25) is 0 Å². The summed E-state index contributed by atoms with van der Waals surface area (Å²) in [4.78, 5) is 0. The van der Waals surface area contributed by atoms with Gasteiger partial charge in [0.15, 0.2) is 0 Å². The fourth-order valence-electron chi connectivity index (χ4n) is 3.63. The van der Waals surface area contributed by atoms with Gasteiger partial charge in [0.05, 0.1) is 12.2 Å². The molecule has 1 aromatic carbocycles. The Bertz CT molecular complexity index is 549. The summed E-state index contributed by atoms with van der Waals surface area (Å²) >= 11 is 0. The lowest BCUT2D eigenvalue weighted by Crippen LogP contribution is -2.42. The van der Waals surface area contributed by atoms with E-state index in [1.165, 1.54) is 17.5 Å². The predicted molar refractivity (Wildman–Crippen MR) is 82.2 cm³/mol. The number of rotatable bonds is 2. The maximum atomic E-state index is 6.38. The number of aromatic nitrogens is 2. The van der Waals surface area contributed by atoms with Gasteiger partial charge in [0.25, 0.3) is 0 Å². The van der Waals surface area contributed by atoms with Crippen molar-refractivity contribution in [2.24, 2.45) is 17.6 Å². The van der Waals surface area contributed by atoms with Gasteiger partial charge in [-0.3, -0.25) is 4.68 Å². The van der Waals surface area contributed by atoms with Crippen LogP contribution in [-0.2, 0) is 0 Å². The Morgan fingerprint density at radius 2 is 1.85 bits per heavy atom. The molecule has 0 bridgehead atoms. The molecule has 0 radical (unpaired) electrons. The number of hydrogen-bond acceptors (Lipinski definition) is 2. The molecule has 3 rings (SSSR count). The zero-order valence-corrected chi connectivity index (χ0v) is 12.2. The zero-order valence-electron chi connectivity index (χ0n) is 12.2. The van der Waals surface area contributed by atoms with Gasteiger partial charge < -0.3 is 5.73 Å². The van der Waals surface area contributed by atoms with Crippen molar-refractivity contribution in [2.45, 2.75) is 38.8 Å². The van der Waals surface area contributed by atoms with Crippen LogP contribution >= 0.6 is 0 Å². The van der Waals surface area contributed by atoms with Crippen LogP contribution in [0.3, 0.4) is 0 Å². The van der Waals surface area contributed by atoms with Gasteiger partial charge in [-0.25, -0.2) is 0 Å². The van der Waals surface area contributed by atoms with Crippen molar-refractivity contribution in [3.8, 4) is 11.1 Å². The monoisotopic (exact) mass is 269 g/mol. The van der Waals surface area contributed by atoms with E-state index < -0.39 is 0 Å². The van der Waals surface area contributed by atoms with E-state index in [4.69, 9.17) is 5.73 Å². The Hall–Kier alpha value is -1.61. The molecule has 20 heavy (non-hydrogen) atoms. The second-order valence-corrected chi connectivity index (χ2v) is 6.28. The van der Waals surface area contributed by atoms with Gasteiger partial charge in [-0.1, -0.05) is 44.2 Å². The molecule has 1 aliphatic rings. The highest BCUT2D eigenvalue weighted by atomic mass is 15.3. The fourth-order valence-corrected chi connectivity index (χ4v) is 3.63. The average molecular weight is 269 g/mol. The van der Waals surface area contributed by atoms with Gasteiger partial charge in [-0.2, -0.15) is 5.10 Å². The molecule has 1 heterocycles. The number of nitrogens with two attached hydrogens (primary N) is 1. The molecule has 1 aromatic heterocycles. The summed E-state index contributed by atoms with van der Waals surface area (Å²) in [5.41, 5.74) is 8.76. The van der Waals surface area contributed by atoms with Crippen molar-refractivity contribution in [1.29, 1.82) is 0 Å². The van der Waals surface area contributed by atoms with E-state index in [-0.39, 0.29) is 6.04 Å². The first kappa shape index (κ1) is 13.4. The molecule has 3 heteroatoms. The van der Waals surface area contributed by atoms with Gasteiger partial charge >= 0.3 is 0 Å². The van der Waals surface area contributed by atoms with Gasteiger partial charge in [0, 0.05) is 17.8 Å². The molecule has 0 amide bonds. The van der Waals surface area contributed by atoms with E-state index in [1.54, 1.807) is 0 Å². The number of benzene rings is 1. The Kier molecular flexibility index (Phi) is 3.62. The van der Waals surface area contributed by atoms with Gasteiger partial charge in [0.1, 0.15) is 0 Å². The summed E-state index contributed by atoms with van der Waals surface area (Å²) in [6.07, 6.45) is 6.42. The topological polar surface area (TPSA) is 43.8 Å². The molecule has 2 N–H and O–H groups in total. The highest BCUT2D eigenvalue weighted by Gasteiger charge is 2.33. The second kappa shape index (κ2) is 5.41. The van der Waals surface area contributed by atoms with Crippen molar-refractivity contribution in [3.05, 3.63) is 42.7 Å². The largest absolute Gasteiger partial charge is 0.326 e. The van der Waals surface area contributed by atoms with Gasteiger partial charge in [-0.15, -0.1) is 0 Å². The Balaban J connectivity index is 1.86. The molecular weight excluding hydrogens is 246 g/mol. The smallest absolute Gasteiger partial charge is 0.0695 e.